The highest BCUT2D eigenvalue weighted by Gasteiger charge is 2.02. The topological polar surface area (TPSA) is 37.8 Å². The van der Waals surface area contributed by atoms with Gasteiger partial charge in [0, 0.05) is 19.3 Å². The summed E-state index contributed by atoms with van der Waals surface area (Å²) in [7, 11) is 0. The molecule has 1 aromatic heterocycles. The third kappa shape index (κ3) is 3.29. The molecule has 0 aliphatic carbocycles. The van der Waals surface area contributed by atoms with E-state index in [9.17, 15) is 8.78 Å². The molecule has 0 aliphatic heterocycles. The lowest BCUT2D eigenvalue weighted by Gasteiger charge is -2.04. The first-order valence-corrected chi connectivity index (χ1v) is 5.15. The Balaban J connectivity index is 1.88. The third-order valence-electron chi connectivity index (χ3n) is 2.26. The Hall–Kier alpha value is -1.88. The first kappa shape index (κ1) is 11.6. The molecule has 0 unspecified atom stereocenters. The summed E-state index contributed by atoms with van der Waals surface area (Å²) in [6, 6.07) is 5.64. The summed E-state index contributed by atoms with van der Waals surface area (Å²) in [6.07, 6.45) is 3.12. The average molecular weight is 235 g/mol. The first-order chi connectivity index (χ1) is 8.25. The van der Waals surface area contributed by atoms with E-state index in [0.29, 0.717) is 18.7 Å². The van der Waals surface area contributed by atoms with Gasteiger partial charge in [0.25, 0.3) is 0 Å². The maximum atomic E-state index is 12.9. The van der Waals surface area contributed by atoms with Crippen LogP contribution in [0.3, 0.4) is 0 Å². The van der Waals surface area contributed by atoms with Crippen molar-refractivity contribution in [2.45, 2.75) is 13.1 Å². The van der Waals surface area contributed by atoms with Crippen LogP contribution < -0.4 is 5.32 Å². The van der Waals surface area contributed by atoms with Crippen molar-refractivity contribution in [2.24, 2.45) is 0 Å². The zero-order valence-electron chi connectivity index (χ0n) is 9.03. The van der Waals surface area contributed by atoms with Crippen LogP contribution in [0, 0.1) is 11.6 Å². The summed E-state index contributed by atoms with van der Waals surface area (Å²) < 4.78 is 25.6. The minimum Gasteiger partial charge on any atom is -0.307 e. The number of hydrogen-bond acceptors (Lipinski definition) is 3. The number of nitrogens with zero attached hydrogens (tertiary/aromatic N) is 2. The van der Waals surface area contributed by atoms with Crippen LogP contribution in [0.25, 0.3) is 0 Å². The van der Waals surface area contributed by atoms with Crippen molar-refractivity contribution >= 4 is 0 Å². The van der Waals surface area contributed by atoms with Crippen LogP contribution in [-0.4, -0.2) is 9.97 Å². The molecule has 0 saturated heterocycles. The maximum Gasteiger partial charge on any atom is 0.159 e. The molecule has 2 aromatic rings. The highest BCUT2D eigenvalue weighted by Crippen LogP contribution is 2.08. The van der Waals surface area contributed by atoms with E-state index in [2.05, 4.69) is 15.3 Å². The van der Waals surface area contributed by atoms with E-state index in [-0.39, 0.29) is 0 Å². The minimum absolute atomic E-state index is 0.460. The third-order valence-corrected chi connectivity index (χ3v) is 2.26. The van der Waals surface area contributed by atoms with Crippen molar-refractivity contribution in [2.75, 3.05) is 0 Å². The zero-order chi connectivity index (χ0) is 12.1. The van der Waals surface area contributed by atoms with Crippen LogP contribution in [0.2, 0.25) is 0 Å². The Kier molecular flexibility index (Phi) is 3.72. The van der Waals surface area contributed by atoms with Gasteiger partial charge in [-0.1, -0.05) is 6.07 Å². The summed E-state index contributed by atoms with van der Waals surface area (Å²) in [6.45, 7) is 1.02. The van der Waals surface area contributed by atoms with Gasteiger partial charge in [-0.05, 0) is 23.8 Å². The predicted octanol–water partition coefficient (Wildman–Crippen LogP) is 2.04. The van der Waals surface area contributed by atoms with E-state index in [1.54, 1.807) is 18.3 Å². The highest BCUT2D eigenvalue weighted by molar-refractivity contribution is 5.17. The van der Waals surface area contributed by atoms with Gasteiger partial charge >= 0.3 is 0 Å². The van der Waals surface area contributed by atoms with Crippen LogP contribution >= 0.6 is 0 Å². The predicted molar refractivity (Wildman–Crippen MR) is 58.9 cm³/mol. The molecule has 0 spiro atoms. The molecular formula is C12H11F2N3. The van der Waals surface area contributed by atoms with Crippen molar-refractivity contribution < 1.29 is 8.78 Å². The molecule has 0 atom stereocenters. The molecule has 5 heteroatoms. The zero-order valence-corrected chi connectivity index (χ0v) is 9.03. The first-order valence-electron chi connectivity index (χ1n) is 5.15. The van der Waals surface area contributed by atoms with Gasteiger partial charge in [-0.2, -0.15) is 0 Å². The molecule has 88 valence electrons. The van der Waals surface area contributed by atoms with Crippen LogP contribution in [0.15, 0.2) is 36.8 Å². The molecule has 1 aromatic carbocycles. The number of aromatic nitrogens is 2. The second-order valence-electron chi connectivity index (χ2n) is 3.55. The highest BCUT2D eigenvalue weighted by atomic mass is 19.2. The average Bonchev–Trinajstić information content (AvgIpc) is 2.35. The monoisotopic (exact) mass is 235 g/mol. The number of hydrogen-bond donors (Lipinski definition) is 1. The van der Waals surface area contributed by atoms with E-state index in [1.807, 2.05) is 0 Å². The summed E-state index contributed by atoms with van der Waals surface area (Å²) in [5.41, 5.74) is 1.54. The Labute approximate surface area is 97.5 Å². The second kappa shape index (κ2) is 5.45. The lowest BCUT2D eigenvalue weighted by Crippen LogP contribution is -2.13. The molecule has 0 aliphatic rings. The van der Waals surface area contributed by atoms with E-state index in [0.717, 1.165) is 11.8 Å². The van der Waals surface area contributed by atoms with Crippen molar-refractivity contribution in [1.29, 1.82) is 0 Å². The molecule has 0 amide bonds. The number of halogens is 2. The molecule has 17 heavy (non-hydrogen) atoms. The molecule has 0 fully saturated rings. The molecule has 0 saturated carbocycles. The van der Waals surface area contributed by atoms with Gasteiger partial charge in [0.2, 0.25) is 0 Å². The lowest BCUT2D eigenvalue weighted by molar-refractivity contribution is 0.506. The van der Waals surface area contributed by atoms with Gasteiger partial charge < -0.3 is 5.32 Å². The lowest BCUT2D eigenvalue weighted by atomic mass is 10.2. The second-order valence-corrected chi connectivity index (χ2v) is 3.55. The largest absolute Gasteiger partial charge is 0.307 e. The van der Waals surface area contributed by atoms with Gasteiger partial charge in [0.15, 0.2) is 11.6 Å². The van der Waals surface area contributed by atoms with Gasteiger partial charge in [0.1, 0.15) is 6.33 Å². The summed E-state index contributed by atoms with van der Waals surface area (Å²) in [5, 5.41) is 3.09. The SMILES string of the molecule is Fc1ccc(CNCc2ccncn2)cc1F. The van der Waals surface area contributed by atoms with Gasteiger partial charge in [-0.25, -0.2) is 18.7 Å². The van der Waals surface area contributed by atoms with E-state index in [1.165, 1.54) is 12.4 Å². The molecule has 3 nitrogen and oxygen atoms in total. The Morgan fingerprint density at radius 3 is 2.65 bits per heavy atom. The Morgan fingerprint density at radius 2 is 1.94 bits per heavy atom. The van der Waals surface area contributed by atoms with Crippen LogP contribution in [0.4, 0.5) is 8.78 Å². The fourth-order valence-corrected chi connectivity index (χ4v) is 1.41. The van der Waals surface area contributed by atoms with Gasteiger partial charge in [0.05, 0.1) is 5.69 Å². The van der Waals surface area contributed by atoms with Crippen molar-refractivity contribution in [1.82, 2.24) is 15.3 Å². The van der Waals surface area contributed by atoms with E-state index in [4.69, 9.17) is 0 Å². The number of rotatable bonds is 4. The minimum atomic E-state index is -0.829. The molecular weight excluding hydrogens is 224 g/mol. The molecule has 0 bridgehead atoms. The van der Waals surface area contributed by atoms with E-state index >= 15 is 0 Å². The normalized spacial score (nSPS) is 10.5. The van der Waals surface area contributed by atoms with Crippen molar-refractivity contribution in [3.05, 3.63) is 59.7 Å². The maximum absolute atomic E-state index is 12.9. The fourth-order valence-electron chi connectivity index (χ4n) is 1.41. The Bertz CT molecular complexity index is 488. The van der Waals surface area contributed by atoms with Crippen molar-refractivity contribution in [3.63, 3.8) is 0 Å². The van der Waals surface area contributed by atoms with Gasteiger partial charge in [-0.3, -0.25) is 0 Å². The number of nitrogens with one attached hydrogen (secondary N) is 1. The molecule has 1 heterocycles. The fraction of sp³-hybridized carbons (Fsp3) is 0.167. The van der Waals surface area contributed by atoms with Crippen LogP contribution in [0.1, 0.15) is 11.3 Å². The molecule has 0 radical (unpaired) electrons. The summed E-state index contributed by atoms with van der Waals surface area (Å²) >= 11 is 0. The molecule has 2 rings (SSSR count). The van der Waals surface area contributed by atoms with Crippen LogP contribution in [-0.2, 0) is 13.1 Å². The van der Waals surface area contributed by atoms with Crippen molar-refractivity contribution in [3.8, 4) is 0 Å². The standard InChI is InChI=1S/C12H11F2N3/c13-11-2-1-9(5-12(11)14)6-16-7-10-3-4-15-8-17-10/h1-5,8,16H,6-7H2. The summed E-state index contributed by atoms with van der Waals surface area (Å²) in [5.74, 6) is -1.66. The quantitative estimate of drug-likeness (QED) is 0.881. The smallest absolute Gasteiger partial charge is 0.159 e. The van der Waals surface area contributed by atoms with E-state index < -0.39 is 11.6 Å². The summed E-state index contributed by atoms with van der Waals surface area (Å²) in [4.78, 5) is 7.84. The molecule has 1 N–H and O–H groups in total. The van der Waals surface area contributed by atoms with Gasteiger partial charge in [-0.15, -0.1) is 0 Å². The Morgan fingerprint density at radius 1 is 1.06 bits per heavy atom. The number of benzene rings is 1. The van der Waals surface area contributed by atoms with Crippen LogP contribution in [0.5, 0.6) is 0 Å².